The van der Waals surface area contributed by atoms with Crippen LogP contribution in [-0.2, 0) is 17.8 Å². The first kappa shape index (κ1) is 22.5. The van der Waals surface area contributed by atoms with Crippen molar-refractivity contribution in [3.63, 3.8) is 0 Å². The van der Waals surface area contributed by atoms with E-state index in [1.807, 2.05) is 12.1 Å². The summed E-state index contributed by atoms with van der Waals surface area (Å²) in [6.07, 6.45) is 2.20. The van der Waals surface area contributed by atoms with Crippen molar-refractivity contribution in [3.05, 3.63) is 63.8 Å². The average molecular weight is 481 g/mol. The van der Waals surface area contributed by atoms with Gasteiger partial charge >= 0.3 is 0 Å². The van der Waals surface area contributed by atoms with Crippen molar-refractivity contribution in [2.75, 3.05) is 40.0 Å². The highest BCUT2D eigenvalue weighted by Gasteiger charge is 2.34. The summed E-state index contributed by atoms with van der Waals surface area (Å²) >= 11 is 0. The maximum absolute atomic E-state index is 14.8. The summed E-state index contributed by atoms with van der Waals surface area (Å²) in [5.74, 6) is 1.17. The molecule has 6 rings (SSSR count). The largest absolute Gasteiger partial charge is 0.486 e. The fraction of sp³-hybridized carbons (Fsp3) is 0.462. The molecule has 1 N–H and O–H groups in total. The van der Waals surface area contributed by atoms with Crippen LogP contribution in [0.15, 0.2) is 41.3 Å². The van der Waals surface area contributed by atoms with E-state index >= 15 is 0 Å². The molecule has 35 heavy (non-hydrogen) atoms. The molecule has 1 aromatic carbocycles. The number of nitrogens with zero attached hydrogens (tertiary/aromatic N) is 3. The maximum Gasteiger partial charge on any atom is 0.251 e. The molecule has 0 saturated carbocycles. The standard InChI is InChI=1S/C26H29FN4O4/c1-33-23-15-30(7-6-19(23)28-11-16-2-4-21-22(10-16)35-9-8-34-21)13-17-14-31-24(32)5-3-20-26(31)25(17)18(27)12-29-20/h2-5,10,12,17,19,23,28H,6-9,11,13-15H2,1H3/t17-,19-,23+/m0/s1. The zero-order chi connectivity index (χ0) is 23.9. The van der Waals surface area contributed by atoms with Crippen LogP contribution < -0.4 is 20.3 Å². The minimum atomic E-state index is -0.335. The van der Waals surface area contributed by atoms with Crippen LogP contribution in [0.2, 0.25) is 0 Å². The van der Waals surface area contributed by atoms with Gasteiger partial charge in [0.25, 0.3) is 5.56 Å². The van der Waals surface area contributed by atoms with Crippen LogP contribution in [-0.4, -0.2) is 66.6 Å². The van der Waals surface area contributed by atoms with Crippen LogP contribution in [0.3, 0.4) is 0 Å². The van der Waals surface area contributed by atoms with Crippen LogP contribution in [0.4, 0.5) is 4.39 Å². The van der Waals surface area contributed by atoms with E-state index in [-0.39, 0.29) is 29.4 Å². The summed E-state index contributed by atoms with van der Waals surface area (Å²) in [6, 6.07) is 9.45. The Balaban J connectivity index is 1.11. The van der Waals surface area contributed by atoms with Gasteiger partial charge in [-0.25, -0.2) is 4.39 Å². The number of methoxy groups -OCH3 is 1. The number of rotatable bonds is 6. The van der Waals surface area contributed by atoms with Crippen molar-refractivity contribution in [2.45, 2.75) is 37.6 Å². The normalized spacial score (nSPS) is 23.7. The molecule has 3 aliphatic rings. The van der Waals surface area contributed by atoms with Gasteiger partial charge in [-0.3, -0.25) is 14.7 Å². The number of hydrogen-bond donors (Lipinski definition) is 1. The first-order valence-electron chi connectivity index (χ1n) is 12.2. The molecule has 3 atom stereocenters. The van der Waals surface area contributed by atoms with Gasteiger partial charge < -0.3 is 24.1 Å². The molecule has 8 nitrogen and oxygen atoms in total. The average Bonchev–Trinajstić information content (AvgIpc) is 3.27. The Bertz CT molecular complexity index is 1310. The van der Waals surface area contributed by atoms with Crippen LogP contribution in [0, 0.1) is 5.82 Å². The van der Waals surface area contributed by atoms with E-state index in [0.29, 0.717) is 49.4 Å². The highest BCUT2D eigenvalue weighted by Crippen LogP contribution is 2.35. The number of piperidine rings is 1. The first-order valence-corrected chi connectivity index (χ1v) is 12.2. The van der Waals surface area contributed by atoms with Crippen molar-refractivity contribution < 1.29 is 18.6 Å². The topological polar surface area (TPSA) is 77.9 Å². The van der Waals surface area contributed by atoms with Gasteiger partial charge in [0.1, 0.15) is 19.0 Å². The van der Waals surface area contributed by atoms with E-state index in [2.05, 4.69) is 21.3 Å². The van der Waals surface area contributed by atoms with Crippen molar-refractivity contribution >= 4 is 11.0 Å². The van der Waals surface area contributed by atoms with Gasteiger partial charge in [0, 0.05) is 56.9 Å². The van der Waals surface area contributed by atoms with E-state index in [1.54, 1.807) is 17.7 Å². The summed E-state index contributed by atoms with van der Waals surface area (Å²) in [4.78, 5) is 18.9. The molecule has 0 spiro atoms. The van der Waals surface area contributed by atoms with Gasteiger partial charge in [-0.1, -0.05) is 6.07 Å². The number of benzene rings is 1. The third-order valence-corrected chi connectivity index (χ3v) is 7.40. The minimum absolute atomic E-state index is 0.00904. The Morgan fingerprint density at radius 2 is 2.03 bits per heavy atom. The third kappa shape index (κ3) is 4.17. The van der Waals surface area contributed by atoms with Crippen molar-refractivity contribution in [2.24, 2.45) is 0 Å². The number of ether oxygens (including phenoxy) is 3. The SMILES string of the molecule is CO[C@@H]1CN(C[C@H]2Cn3c(=O)ccc4ncc(F)c2c43)CC[C@@H]1NCc1ccc2c(c1)OCCO2. The fourth-order valence-corrected chi connectivity index (χ4v) is 5.67. The molecular weight excluding hydrogens is 451 g/mol. The Hall–Kier alpha value is -3.01. The van der Waals surface area contributed by atoms with Gasteiger partial charge in [0.15, 0.2) is 11.5 Å². The molecule has 184 valence electrons. The van der Waals surface area contributed by atoms with Crippen molar-refractivity contribution in [3.8, 4) is 11.5 Å². The second kappa shape index (κ2) is 9.22. The second-order valence-corrected chi connectivity index (χ2v) is 9.52. The second-order valence-electron chi connectivity index (χ2n) is 9.52. The quantitative estimate of drug-likeness (QED) is 0.580. The van der Waals surface area contributed by atoms with Crippen LogP contribution >= 0.6 is 0 Å². The Morgan fingerprint density at radius 3 is 2.89 bits per heavy atom. The van der Waals surface area contributed by atoms with E-state index < -0.39 is 0 Å². The fourth-order valence-electron chi connectivity index (χ4n) is 5.67. The summed E-state index contributed by atoms with van der Waals surface area (Å²) < 4.78 is 33.6. The molecule has 9 heteroatoms. The Kier molecular flexibility index (Phi) is 5.91. The van der Waals surface area contributed by atoms with Crippen LogP contribution in [0.1, 0.15) is 23.5 Å². The molecule has 0 unspecified atom stereocenters. The number of hydrogen-bond acceptors (Lipinski definition) is 7. The zero-order valence-electron chi connectivity index (χ0n) is 19.7. The lowest BCUT2D eigenvalue weighted by Crippen LogP contribution is -2.53. The Morgan fingerprint density at radius 1 is 1.17 bits per heavy atom. The van der Waals surface area contributed by atoms with E-state index in [0.717, 1.165) is 36.6 Å². The van der Waals surface area contributed by atoms with Gasteiger partial charge in [0.05, 0.1) is 23.3 Å². The molecule has 2 aromatic heterocycles. The molecule has 3 aromatic rings. The van der Waals surface area contributed by atoms with E-state index in [4.69, 9.17) is 14.2 Å². The van der Waals surface area contributed by atoms with E-state index in [1.165, 1.54) is 12.3 Å². The number of pyridine rings is 2. The van der Waals surface area contributed by atoms with Gasteiger partial charge in [-0.05, 0) is 36.7 Å². The molecule has 0 amide bonds. The highest BCUT2D eigenvalue weighted by atomic mass is 19.1. The molecule has 0 bridgehead atoms. The zero-order valence-corrected chi connectivity index (χ0v) is 19.7. The maximum atomic E-state index is 14.8. The highest BCUT2D eigenvalue weighted by molar-refractivity contribution is 5.80. The number of nitrogens with one attached hydrogen (secondary N) is 1. The smallest absolute Gasteiger partial charge is 0.251 e. The number of halogens is 1. The number of aromatic nitrogens is 2. The summed E-state index contributed by atoms with van der Waals surface area (Å²) in [6.45, 7) is 4.64. The predicted octanol–water partition coefficient (Wildman–Crippen LogP) is 2.28. The minimum Gasteiger partial charge on any atom is -0.486 e. The lowest BCUT2D eigenvalue weighted by atomic mass is 9.96. The van der Waals surface area contributed by atoms with Crippen LogP contribution in [0.5, 0.6) is 11.5 Å². The Labute approximate surface area is 202 Å². The molecule has 3 aliphatic heterocycles. The molecule has 1 fully saturated rings. The lowest BCUT2D eigenvalue weighted by molar-refractivity contribution is 0.00332. The molecule has 1 saturated heterocycles. The number of fused-ring (bicyclic) bond motifs is 1. The van der Waals surface area contributed by atoms with Gasteiger partial charge in [0.2, 0.25) is 0 Å². The van der Waals surface area contributed by atoms with E-state index in [9.17, 15) is 9.18 Å². The number of likely N-dealkylation sites (tertiary alicyclic amines) is 1. The summed E-state index contributed by atoms with van der Waals surface area (Å²) in [5, 5.41) is 3.64. The van der Waals surface area contributed by atoms with Crippen molar-refractivity contribution in [1.82, 2.24) is 19.8 Å². The molecular formula is C26H29FN4O4. The lowest BCUT2D eigenvalue weighted by Gasteiger charge is -2.39. The monoisotopic (exact) mass is 480 g/mol. The molecule has 5 heterocycles. The third-order valence-electron chi connectivity index (χ3n) is 7.40. The summed E-state index contributed by atoms with van der Waals surface area (Å²) in [7, 11) is 1.74. The van der Waals surface area contributed by atoms with Crippen molar-refractivity contribution in [1.29, 1.82) is 0 Å². The van der Waals surface area contributed by atoms with Gasteiger partial charge in [-0.15, -0.1) is 0 Å². The van der Waals surface area contributed by atoms with Gasteiger partial charge in [-0.2, -0.15) is 0 Å². The summed E-state index contributed by atoms with van der Waals surface area (Å²) in [5.41, 5.74) is 2.95. The van der Waals surface area contributed by atoms with Crippen LogP contribution in [0.25, 0.3) is 11.0 Å². The predicted molar refractivity (Wildman–Crippen MR) is 129 cm³/mol. The first-order chi connectivity index (χ1) is 17.1. The molecule has 0 aliphatic carbocycles. The molecule has 0 radical (unpaired) electrons.